The highest BCUT2D eigenvalue weighted by Gasteiger charge is 2.11. The van der Waals surface area contributed by atoms with E-state index in [4.69, 9.17) is 16.9 Å². The summed E-state index contributed by atoms with van der Waals surface area (Å²) in [6.07, 6.45) is 1.17. The van der Waals surface area contributed by atoms with Crippen LogP contribution in [0.2, 0.25) is 5.02 Å². The first kappa shape index (κ1) is 12.4. The van der Waals surface area contributed by atoms with Gasteiger partial charge >= 0.3 is 0 Å². The Bertz CT molecular complexity index is 417. The zero-order chi connectivity index (χ0) is 12.1. The minimum Gasteiger partial charge on any atom is -0.315 e. The van der Waals surface area contributed by atoms with Gasteiger partial charge in [-0.05, 0) is 37.2 Å². The Morgan fingerprint density at radius 2 is 2.24 bits per heavy atom. The lowest BCUT2D eigenvalue weighted by Gasteiger charge is -2.20. The Morgan fingerprint density at radius 1 is 1.35 bits per heavy atom. The third-order valence-corrected chi connectivity index (χ3v) is 3.36. The number of nitrogens with one attached hydrogen (secondary N) is 1. The van der Waals surface area contributed by atoms with Crippen LogP contribution in [0.5, 0.6) is 0 Å². The van der Waals surface area contributed by atoms with E-state index in [1.54, 1.807) is 6.07 Å². The molecule has 1 aromatic carbocycles. The topological polar surface area (TPSA) is 39.1 Å². The number of nitriles is 1. The molecule has 4 heteroatoms. The lowest BCUT2D eigenvalue weighted by Crippen LogP contribution is -2.27. The Balaban J connectivity index is 2.05. The van der Waals surface area contributed by atoms with E-state index in [2.05, 4.69) is 16.3 Å². The summed E-state index contributed by atoms with van der Waals surface area (Å²) in [5.74, 6) is 0. The van der Waals surface area contributed by atoms with Crippen molar-refractivity contribution >= 4 is 11.6 Å². The van der Waals surface area contributed by atoms with Gasteiger partial charge in [-0.25, -0.2) is 0 Å². The molecule has 0 aliphatic carbocycles. The van der Waals surface area contributed by atoms with Crippen LogP contribution in [-0.2, 0) is 6.54 Å². The Labute approximate surface area is 107 Å². The second-order valence-electron chi connectivity index (χ2n) is 4.30. The summed E-state index contributed by atoms with van der Waals surface area (Å²) >= 11 is 6.17. The fraction of sp³-hybridized carbons (Fsp3) is 0.462. The molecule has 1 aromatic rings. The van der Waals surface area contributed by atoms with Gasteiger partial charge in [-0.15, -0.1) is 0 Å². The predicted molar refractivity (Wildman–Crippen MR) is 68.9 cm³/mol. The van der Waals surface area contributed by atoms with E-state index in [9.17, 15) is 0 Å². The van der Waals surface area contributed by atoms with Gasteiger partial charge in [0.25, 0.3) is 0 Å². The molecule has 0 spiro atoms. The average molecular weight is 250 g/mol. The summed E-state index contributed by atoms with van der Waals surface area (Å²) in [4.78, 5) is 2.40. The van der Waals surface area contributed by atoms with Gasteiger partial charge < -0.3 is 5.32 Å². The summed E-state index contributed by atoms with van der Waals surface area (Å²) < 4.78 is 0. The highest BCUT2D eigenvalue weighted by Crippen LogP contribution is 2.19. The van der Waals surface area contributed by atoms with Gasteiger partial charge in [0.2, 0.25) is 0 Å². The van der Waals surface area contributed by atoms with Gasteiger partial charge in [0, 0.05) is 24.7 Å². The summed E-state index contributed by atoms with van der Waals surface area (Å²) in [5, 5.41) is 12.9. The van der Waals surface area contributed by atoms with Crippen LogP contribution in [0.15, 0.2) is 18.2 Å². The van der Waals surface area contributed by atoms with Crippen molar-refractivity contribution in [2.24, 2.45) is 0 Å². The number of halogens is 1. The summed E-state index contributed by atoms with van der Waals surface area (Å²) in [6.45, 7) is 5.15. The van der Waals surface area contributed by atoms with Gasteiger partial charge in [-0.1, -0.05) is 17.7 Å². The van der Waals surface area contributed by atoms with Crippen LogP contribution in [0, 0.1) is 11.3 Å². The van der Waals surface area contributed by atoms with Gasteiger partial charge in [-0.3, -0.25) is 4.90 Å². The van der Waals surface area contributed by atoms with Crippen molar-refractivity contribution in [3.8, 4) is 6.07 Å². The van der Waals surface area contributed by atoms with Gasteiger partial charge in [0.05, 0.1) is 11.6 Å². The molecule has 1 fully saturated rings. The van der Waals surface area contributed by atoms with Crippen molar-refractivity contribution in [2.45, 2.75) is 13.0 Å². The summed E-state index contributed by atoms with van der Waals surface area (Å²) in [5.41, 5.74) is 1.73. The summed E-state index contributed by atoms with van der Waals surface area (Å²) in [7, 11) is 0. The molecule has 1 heterocycles. The first-order valence-corrected chi connectivity index (χ1v) is 6.29. The van der Waals surface area contributed by atoms with Crippen LogP contribution in [0.1, 0.15) is 17.5 Å². The van der Waals surface area contributed by atoms with Crippen LogP contribution in [0.25, 0.3) is 0 Å². The fourth-order valence-corrected chi connectivity index (χ4v) is 2.29. The second-order valence-corrected chi connectivity index (χ2v) is 4.70. The quantitative estimate of drug-likeness (QED) is 0.872. The van der Waals surface area contributed by atoms with Crippen LogP contribution < -0.4 is 5.32 Å². The number of benzene rings is 1. The standard InChI is InChI=1S/C13H16ClN3/c14-13-8-11(9-15)2-3-12(13)10-17-6-1-4-16-5-7-17/h2-3,8,16H,1,4-7,10H2. The Morgan fingerprint density at radius 3 is 3.00 bits per heavy atom. The molecular formula is C13H16ClN3. The minimum atomic E-state index is 0.622. The summed E-state index contributed by atoms with van der Waals surface area (Å²) in [6, 6.07) is 7.63. The minimum absolute atomic E-state index is 0.622. The van der Waals surface area contributed by atoms with Crippen molar-refractivity contribution < 1.29 is 0 Å². The van der Waals surface area contributed by atoms with E-state index >= 15 is 0 Å². The maximum absolute atomic E-state index is 8.78. The van der Waals surface area contributed by atoms with Crippen LogP contribution >= 0.6 is 11.6 Å². The van der Waals surface area contributed by atoms with Crippen molar-refractivity contribution in [1.82, 2.24) is 10.2 Å². The molecule has 0 radical (unpaired) electrons. The maximum atomic E-state index is 8.78. The monoisotopic (exact) mass is 249 g/mol. The van der Waals surface area contributed by atoms with E-state index in [-0.39, 0.29) is 0 Å². The highest BCUT2D eigenvalue weighted by atomic mass is 35.5. The van der Waals surface area contributed by atoms with E-state index < -0.39 is 0 Å². The molecule has 0 aromatic heterocycles. The third-order valence-electron chi connectivity index (χ3n) is 3.01. The normalized spacial score (nSPS) is 17.4. The van der Waals surface area contributed by atoms with E-state index in [0.29, 0.717) is 10.6 Å². The third kappa shape index (κ3) is 3.44. The molecule has 0 amide bonds. The highest BCUT2D eigenvalue weighted by molar-refractivity contribution is 6.31. The van der Waals surface area contributed by atoms with Crippen molar-refractivity contribution in [2.75, 3.05) is 26.2 Å². The molecule has 90 valence electrons. The largest absolute Gasteiger partial charge is 0.315 e. The Kier molecular flexibility index (Phi) is 4.38. The zero-order valence-electron chi connectivity index (χ0n) is 9.75. The SMILES string of the molecule is N#Cc1ccc(CN2CCCNCC2)c(Cl)c1. The molecule has 0 saturated carbocycles. The molecule has 2 rings (SSSR count). The first-order chi connectivity index (χ1) is 8.29. The molecule has 17 heavy (non-hydrogen) atoms. The second kappa shape index (κ2) is 6.02. The number of hydrogen-bond donors (Lipinski definition) is 1. The molecule has 0 bridgehead atoms. The lowest BCUT2D eigenvalue weighted by molar-refractivity contribution is 0.284. The molecule has 0 unspecified atom stereocenters. The lowest BCUT2D eigenvalue weighted by atomic mass is 10.1. The molecule has 1 aliphatic heterocycles. The maximum Gasteiger partial charge on any atom is 0.0992 e. The van der Waals surface area contributed by atoms with Crippen LogP contribution in [0.3, 0.4) is 0 Å². The number of hydrogen-bond acceptors (Lipinski definition) is 3. The predicted octanol–water partition coefficient (Wildman–Crippen LogP) is 2.01. The van der Waals surface area contributed by atoms with Gasteiger partial charge in [-0.2, -0.15) is 5.26 Å². The van der Waals surface area contributed by atoms with E-state index in [1.165, 1.54) is 6.42 Å². The average Bonchev–Trinajstić information content (AvgIpc) is 2.60. The fourth-order valence-electron chi connectivity index (χ4n) is 2.05. The van der Waals surface area contributed by atoms with Crippen LogP contribution in [0.4, 0.5) is 0 Å². The molecule has 3 nitrogen and oxygen atoms in total. The van der Waals surface area contributed by atoms with E-state index in [0.717, 1.165) is 38.3 Å². The first-order valence-electron chi connectivity index (χ1n) is 5.91. The van der Waals surface area contributed by atoms with Crippen LogP contribution in [-0.4, -0.2) is 31.1 Å². The molecule has 1 saturated heterocycles. The van der Waals surface area contributed by atoms with Gasteiger partial charge in [0.1, 0.15) is 0 Å². The number of rotatable bonds is 2. The van der Waals surface area contributed by atoms with E-state index in [1.807, 2.05) is 12.1 Å². The smallest absolute Gasteiger partial charge is 0.0992 e. The molecule has 0 atom stereocenters. The molecule has 1 N–H and O–H groups in total. The van der Waals surface area contributed by atoms with Gasteiger partial charge in [0.15, 0.2) is 0 Å². The Hall–Kier alpha value is -1.08. The zero-order valence-corrected chi connectivity index (χ0v) is 10.5. The molecular weight excluding hydrogens is 234 g/mol. The molecule has 1 aliphatic rings. The van der Waals surface area contributed by atoms with Crippen molar-refractivity contribution in [3.63, 3.8) is 0 Å². The van der Waals surface area contributed by atoms with Crippen molar-refractivity contribution in [3.05, 3.63) is 34.3 Å². The number of nitrogens with zero attached hydrogens (tertiary/aromatic N) is 2. The van der Waals surface area contributed by atoms with Crippen molar-refractivity contribution in [1.29, 1.82) is 5.26 Å².